The first-order valence-electron chi connectivity index (χ1n) is 10.8. The number of likely N-dealkylation sites (tertiary alicyclic amines) is 1. The van der Waals surface area contributed by atoms with Gasteiger partial charge in [-0.15, -0.1) is 0 Å². The summed E-state index contributed by atoms with van der Waals surface area (Å²) in [6.45, 7) is 1.05. The number of rotatable bonds is 6. The molecule has 0 aromatic heterocycles. The van der Waals surface area contributed by atoms with E-state index in [1.165, 1.54) is 30.4 Å². The van der Waals surface area contributed by atoms with Gasteiger partial charge < -0.3 is 14.5 Å². The number of carbonyl (C=O) groups excluding carboxylic acids is 1. The quantitative estimate of drug-likeness (QED) is 0.630. The molecule has 1 spiro atoms. The van der Waals surface area contributed by atoms with Crippen molar-refractivity contribution in [1.29, 1.82) is 0 Å². The Morgan fingerprint density at radius 2 is 2.00 bits per heavy atom. The molecule has 0 radical (unpaired) electrons. The highest BCUT2D eigenvalue weighted by atomic mass is 32.2. The van der Waals surface area contributed by atoms with E-state index < -0.39 is 21.4 Å². The van der Waals surface area contributed by atoms with Crippen LogP contribution in [0.25, 0.3) is 6.08 Å². The van der Waals surface area contributed by atoms with Crippen LogP contribution in [0.2, 0.25) is 0 Å². The molecular formula is C24H26FN3O5S. The standard InChI is InChI=1S/C24H26FN3O5S/c1-32-19-5-3-4-18(15-19)22-16-24(33-26-22)10-12-28(13-11-24)23(29)9-7-17-6-8-21(20(25)14-17)27-34(2,30)31/h3-9,14-15,27H,10-13,16H2,1-2H3. The molecule has 8 nitrogen and oxygen atoms in total. The molecule has 2 aromatic carbocycles. The van der Waals surface area contributed by atoms with E-state index >= 15 is 0 Å². The van der Waals surface area contributed by atoms with Gasteiger partial charge in [-0.2, -0.15) is 0 Å². The third-order valence-electron chi connectivity index (χ3n) is 5.94. The number of nitrogens with one attached hydrogen (secondary N) is 1. The van der Waals surface area contributed by atoms with E-state index in [-0.39, 0.29) is 11.6 Å². The van der Waals surface area contributed by atoms with Crippen molar-refractivity contribution in [3.8, 4) is 5.75 Å². The predicted octanol–water partition coefficient (Wildman–Crippen LogP) is 3.40. The van der Waals surface area contributed by atoms with E-state index in [0.717, 1.165) is 23.3 Å². The van der Waals surface area contributed by atoms with Crippen LogP contribution in [0.4, 0.5) is 10.1 Å². The maximum absolute atomic E-state index is 14.1. The van der Waals surface area contributed by atoms with Crippen LogP contribution < -0.4 is 9.46 Å². The number of halogens is 1. The molecule has 2 aliphatic heterocycles. The molecule has 2 aromatic rings. The number of oxime groups is 1. The molecule has 0 atom stereocenters. The minimum atomic E-state index is -3.58. The fourth-order valence-corrected chi connectivity index (χ4v) is 4.64. The van der Waals surface area contributed by atoms with Crippen LogP contribution in [-0.4, -0.2) is 57.0 Å². The minimum Gasteiger partial charge on any atom is -0.497 e. The van der Waals surface area contributed by atoms with Crippen molar-refractivity contribution >= 4 is 33.4 Å². The van der Waals surface area contributed by atoms with Gasteiger partial charge in [0.2, 0.25) is 15.9 Å². The summed E-state index contributed by atoms with van der Waals surface area (Å²) in [4.78, 5) is 20.2. The topological polar surface area (TPSA) is 97.3 Å². The van der Waals surface area contributed by atoms with Crippen LogP contribution in [0, 0.1) is 5.82 Å². The second kappa shape index (κ2) is 9.46. The Labute approximate surface area is 198 Å². The van der Waals surface area contributed by atoms with Crippen molar-refractivity contribution in [3.63, 3.8) is 0 Å². The van der Waals surface area contributed by atoms with E-state index in [0.29, 0.717) is 37.9 Å². The Bertz CT molecular complexity index is 1250. The Hall–Kier alpha value is -3.40. The van der Waals surface area contributed by atoms with Gasteiger partial charge in [-0.25, -0.2) is 12.8 Å². The molecular weight excluding hydrogens is 461 g/mol. The SMILES string of the molecule is COc1cccc(C2=NOC3(CCN(C(=O)C=Cc4ccc(NS(C)(=O)=O)c(F)c4)CC3)C2)c1. The number of anilines is 1. The number of sulfonamides is 1. The maximum Gasteiger partial charge on any atom is 0.246 e. The van der Waals surface area contributed by atoms with Gasteiger partial charge in [0.15, 0.2) is 0 Å². The number of amides is 1. The number of hydrogen-bond donors (Lipinski definition) is 1. The molecule has 4 rings (SSSR count). The second-order valence-corrected chi connectivity index (χ2v) is 10.2. The molecule has 2 aliphatic rings. The molecule has 1 fully saturated rings. The zero-order valence-corrected chi connectivity index (χ0v) is 19.8. The van der Waals surface area contributed by atoms with Crippen molar-refractivity contribution in [2.75, 3.05) is 31.2 Å². The summed E-state index contributed by atoms with van der Waals surface area (Å²) in [5.74, 6) is -0.139. The van der Waals surface area contributed by atoms with Gasteiger partial charge in [0.1, 0.15) is 17.2 Å². The van der Waals surface area contributed by atoms with Crippen LogP contribution in [0.1, 0.15) is 30.4 Å². The minimum absolute atomic E-state index is 0.139. The number of nitrogens with zero attached hydrogens (tertiary/aromatic N) is 2. The summed E-state index contributed by atoms with van der Waals surface area (Å²) < 4.78 is 44.1. The monoisotopic (exact) mass is 487 g/mol. The van der Waals surface area contributed by atoms with E-state index in [4.69, 9.17) is 9.57 Å². The van der Waals surface area contributed by atoms with Gasteiger partial charge in [-0.1, -0.05) is 23.4 Å². The first-order valence-corrected chi connectivity index (χ1v) is 12.7. The summed E-state index contributed by atoms with van der Waals surface area (Å²) in [5.41, 5.74) is 1.73. The summed E-state index contributed by atoms with van der Waals surface area (Å²) in [6, 6.07) is 11.7. The van der Waals surface area contributed by atoms with Gasteiger partial charge in [0.25, 0.3) is 0 Å². The summed E-state index contributed by atoms with van der Waals surface area (Å²) in [7, 11) is -1.96. The lowest BCUT2D eigenvalue weighted by Gasteiger charge is -2.36. The van der Waals surface area contributed by atoms with Crippen LogP contribution in [-0.2, 0) is 19.7 Å². The zero-order valence-electron chi connectivity index (χ0n) is 19.0. The van der Waals surface area contributed by atoms with E-state index in [1.54, 1.807) is 12.0 Å². The molecule has 1 N–H and O–H groups in total. The highest BCUT2D eigenvalue weighted by Crippen LogP contribution is 2.36. The Morgan fingerprint density at radius 3 is 2.68 bits per heavy atom. The third kappa shape index (κ3) is 5.56. The Morgan fingerprint density at radius 1 is 1.24 bits per heavy atom. The normalized spacial score (nSPS) is 17.5. The van der Waals surface area contributed by atoms with Crippen molar-refractivity contribution in [2.45, 2.75) is 24.9 Å². The summed E-state index contributed by atoms with van der Waals surface area (Å²) in [6.07, 6.45) is 5.84. The van der Waals surface area contributed by atoms with Gasteiger partial charge in [-0.05, 0) is 35.9 Å². The van der Waals surface area contributed by atoms with Crippen molar-refractivity contribution in [3.05, 3.63) is 65.5 Å². The lowest BCUT2D eigenvalue weighted by molar-refractivity contribution is -0.131. The second-order valence-electron chi connectivity index (χ2n) is 8.49. The van der Waals surface area contributed by atoms with Crippen molar-refractivity contribution < 1.29 is 27.2 Å². The van der Waals surface area contributed by atoms with Gasteiger partial charge in [0, 0.05) is 44.0 Å². The fraction of sp³-hybridized carbons (Fsp3) is 0.333. The number of methoxy groups -OCH3 is 1. The average Bonchev–Trinajstić information content (AvgIpc) is 3.22. The molecule has 1 saturated heterocycles. The molecule has 1 amide bonds. The zero-order chi connectivity index (χ0) is 24.3. The van der Waals surface area contributed by atoms with E-state index in [2.05, 4.69) is 9.88 Å². The number of hydrogen-bond acceptors (Lipinski definition) is 6. The third-order valence-corrected chi connectivity index (χ3v) is 6.53. The van der Waals surface area contributed by atoms with Crippen LogP contribution >= 0.6 is 0 Å². The molecule has 10 heteroatoms. The van der Waals surface area contributed by atoms with Crippen molar-refractivity contribution in [1.82, 2.24) is 4.90 Å². The van der Waals surface area contributed by atoms with Gasteiger partial charge in [-0.3, -0.25) is 9.52 Å². The largest absolute Gasteiger partial charge is 0.497 e. The number of ether oxygens (including phenoxy) is 1. The smallest absolute Gasteiger partial charge is 0.246 e. The molecule has 180 valence electrons. The average molecular weight is 488 g/mol. The number of piperidine rings is 1. The Kier molecular flexibility index (Phi) is 6.60. The lowest BCUT2D eigenvalue weighted by Crippen LogP contribution is -2.46. The highest BCUT2D eigenvalue weighted by molar-refractivity contribution is 7.92. The molecule has 0 saturated carbocycles. The van der Waals surface area contributed by atoms with E-state index in [1.807, 2.05) is 24.3 Å². The molecule has 34 heavy (non-hydrogen) atoms. The molecule has 0 aliphatic carbocycles. The van der Waals surface area contributed by atoms with Crippen LogP contribution in [0.3, 0.4) is 0 Å². The highest BCUT2D eigenvalue weighted by Gasteiger charge is 2.42. The lowest BCUT2D eigenvalue weighted by atomic mass is 9.85. The summed E-state index contributed by atoms with van der Waals surface area (Å²) in [5, 5.41) is 4.31. The molecule has 0 unspecified atom stereocenters. The molecule has 2 heterocycles. The first-order chi connectivity index (χ1) is 16.2. The van der Waals surface area contributed by atoms with Gasteiger partial charge in [0.05, 0.1) is 24.8 Å². The van der Waals surface area contributed by atoms with E-state index in [9.17, 15) is 17.6 Å². The molecule has 0 bridgehead atoms. The van der Waals surface area contributed by atoms with Crippen LogP contribution in [0.15, 0.2) is 53.7 Å². The number of benzene rings is 2. The fourth-order valence-electron chi connectivity index (χ4n) is 4.07. The predicted molar refractivity (Wildman–Crippen MR) is 128 cm³/mol. The maximum atomic E-state index is 14.1. The Balaban J connectivity index is 1.33. The van der Waals surface area contributed by atoms with Crippen LogP contribution in [0.5, 0.6) is 5.75 Å². The summed E-state index contributed by atoms with van der Waals surface area (Å²) >= 11 is 0. The van der Waals surface area contributed by atoms with Gasteiger partial charge >= 0.3 is 0 Å². The first kappa shape index (κ1) is 23.7. The van der Waals surface area contributed by atoms with Crippen molar-refractivity contribution in [2.24, 2.45) is 5.16 Å². The number of carbonyl (C=O) groups is 1.